The number of benzene rings is 1. The van der Waals surface area contributed by atoms with Gasteiger partial charge in [-0.2, -0.15) is 0 Å². The van der Waals surface area contributed by atoms with Gasteiger partial charge in [0.15, 0.2) is 0 Å². The molecule has 0 aromatic heterocycles. The fourth-order valence-electron chi connectivity index (χ4n) is 2.96. The summed E-state index contributed by atoms with van der Waals surface area (Å²) in [7, 11) is 2.16. The fourth-order valence-corrected chi connectivity index (χ4v) is 2.96. The molecule has 1 heterocycles. The summed E-state index contributed by atoms with van der Waals surface area (Å²) in [5.74, 6) is 0. The highest BCUT2D eigenvalue weighted by Crippen LogP contribution is 2.16. The van der Waals surface area contributed by atoms with Crippen molar-refractivity contribution in [2.45, 2.75) is 19.9 Å². The summed E-state index contributed by atoms with van der Waals surface area (Å²) >= 11 is 0. The molecule has 2 rings (SSSR count). The van der Waals surface area contributed by atoms with Crippen molar-refractivity contribution in [1.29, 1.82) is 0 Å². The molecule has 0 unspecified atom stereocenters. The molecule has 1 aromatic carbocycles. The van der Waals surface area contributed by atoms with E-state index in [1.165, 1.54) is 5.56 Å². The molecule has 1 aliphatic heterocycles. The van der Waals surface area contributed by atoms with Crippen molar-refractivity contribution in [2.24, 2.45) is 0 Å². The summed E-state index contributed by atoms with van der Waals surface area (Å²) in [6, 6.07) is 10.4. The average Bonchev–Trinajstić information content (AvgIpc) is 2.58. The van der Waals surface area contributed by atoms with Gasteiger partial charge in [0.05, 0.1) is 6.04 Å². The highest BCUT2D eigenvalue weighted by atomic mass is 16.2. The molecule has 0 radical (unpaired) electrons. The van der Waals surface area contributed by atoms with Gasteiger partial charge in [0.1, 0.15) is 0 Å². The third-order valence-electron chi connectivity index (χ3n) is 4.59. The smallest absolute Gasteiger partial charge is 0.317 e. The molecule has 0 bridgehead atoms. The lowest BCUT2D eigenvalue weighted by Crippen LogP contribution is -2.49. The standard InChI is InChI=1S/C18H30N4O/c1-4-22(5-2)18(23)19-17(16-9-7-6-8-10-16)15-21-13-11-20(3)12-14-21/h6-10,17H,4-5,11-15H2,1-3H3,(H,19,23)/t17-/m0/s1. The first-order chi connectivity index (χ1) is 11.1. The topological polar surface area (TPSA) is 38.8 Å². The second-order valence-electron chi connectivity index (χ2n) is 6.19. The Morgan fingerprint density at radius 2 is 1.74 bits per heavy atom. The van der Waals surface area contributed by atoms with Gasteiger partial charge < -0.3 is 15.1 Å². The van der Waals surface area contributed by atoms with Gasteiger partial charge in [-0.1, -0.05) is 30.3 Å². The highest BCUT2D eigenvalue weighted by Gasteiger charge is 2.22. The van der Waals surface area contributed by atoms with Gasteiger partial charge in [0, 0.05) is 45.8 Å². The Kier molecular flexibility index (Phi) is 6.86. The largest absolute Gasteiger partial charge is 0.330 e. The van der Waals surface area contributed by atoms with Crippen molar-refractivity contribution in [1.82, 2.24) is 20.0 Å². The maximum absolute atomic E-state index is 12.5. The zero-order valence-electron chi connectivity index (χ0n) is 14.7. The quantitative estimate of drug-likeness (QED) is 0.872. The Bertz CT molecular complexity index is 467. The van der Waals surface area contributed by atoms with Crippen molar-refractivity contribution in [2.75, 3.05) is 52.9 Å². The van der Waals surface area contributed by atoms with Gasteiger partial charge in [0.2, 0.25) is 0 Å². The van der Waals surface area contributed by atoms with E-state index in [-0.39, 0.29) is 12.1 Å². The van der Waals surface area contributed by atoms with Crippen LogP contribution < -0.4 is 5.32 Å². The molecule has 1 aliphatic rings. The second-order valence-corrected chi connectivity index (χ2v) is 6.19. The number of likely N-dealkylation sites (N-methyl/N-ethyl adjacent to an activating group) is 1. The summed E-state index contributed by atoms with van der Waals surface area (Å²) in [5, 5.41) is 3.23. The molecule has 1 saturated heterocycles. The molecule has 5 nitrogen and oxygen atoms in total. The number of nitrogens with zero attached hydrogens (tertiary/aromatic N) is 3. The van der Waals surface area contributed by atoms with Crippen LogP contribution >= 0.6 is 0 Å². The van der Waals surface area contributed by atoms with E-state index < -0.39 is 0 Å². The Morgan fingerprint density at radius 3 is 2.30 bits per heavy atom. The minimum atomic E-state index is 0.0259. The zero-order chi connectivity index (χ0) is 16.7. The number of amides is 2. The van der Waals surface area contributed by atoms with E-state index in [0.29, 0.717) is 0 Å². The molecular weight excluding hydrogens is 288 g/mol. The molecular formula is C18H30N4O. The van der Waals surface area contributed by atoms with Crippen molar-refractivity contribution in [3.63, 3.8) is 0 Å². The summed E-state index contributed by atoms with van der Waals surface area (Å²) in [5.41, 5.74) is 1.17. The molecule has 23 heavy (non-hydrogen) atoms. The van der Waals surface area contributed by atoms with E-state index in [0.717, 1.165) is 45.8 Å². The van der Waals surface area contributed by atoms with Gasteiger partial charge in [-0.15, -0.1) is 0 Å². The monoisotopic (exact) mass is 318 g/mol. The lowest BCUT2D eigenvalue weighted by molar-refractivity contribution is 0.139. The summed E-state index contributed by atoms with van der Waals surface area (Å²) in [4.78, 5) is 19.1. The maximum atomic E-state index is 12.5. The number of carbonyl (C=O) groups excluding carboxylic acids is 1. The van der Waals surface area contributed by atoms with Crippen LogP contribution in [0.25, 0.3) is 0 Å². The van der Waals surface area contributed by atoms with Crippen LogP contribution in [0.5, 0.6) is 0 Å². The van der Waals surface area contributed by atoms with Gasteiger partial charge in [-0.25, -0.2) is 4.79 Å². The Morgan fingerprint density at radius 1 is 1.13 bits per heavy atom. The SMILES string of the molecule is CCN(CC)C(=O)N[C@@H](CN1CCN(C)CC1)c1ccccc1. The van der Waals surface area contributed by atoms with Crippen LogP contribution in [-0.4, -0.2) is 73.6 Å². The maximum Gasteiger partial charge on any atom is 0.317 e. The first-order valence-electron chi connectivity index (χ1n) is 8.65. The summed E-state index contributed by atoms with van der Waals surface area (Å²) in [6.07, 6.45) is 0. The number of hydrogen-bond acceptors (Lipinski definition) is 3. The second kappa shape index (κ2) is 8.89. The Labute approximate surface area is 140 Å². The molecule has 0 saturated carbocycles. The number of piperazine rings is 1. The normalized spacial score (nSPS) is 17.7. The summed E-state index contributed by atoms with van der Waals surface area (Å²) in [6.45, 7) is 10.7. The number of urea groups is 1. The van der Waals surface area contributed by atoms with Crippen LogP contribution in [0.2, 0.25) is 0 Å². The average molecular weight is 318 g/mol. The molecule has 1 fully saturated rings. The van der Waals surface area contributed by atoms with Crippen LogP contribution in [0.15, 0.2) is 30.3 Å². The minimum Gasteiger partial charge on any atom is -0.330 e. The van der Waals surface area contributed by atoms with Crippen LogP contribution in [0.3, 0.4) is 0 Å². The third kappa shape index (κ3) is 5.22. The fraction of sp³-hybridized carbons (Fsp3) is 0.611. The molecule has 1 N–H and O–H groups in total. The minimum absolute atomic E-state index is 0.0259. The van der Waals surface area contributed by atoms with Gasteiger partial charge in [-0.3, -0.25) is 4.90 Å². The number of rotatable bonds is 6. The van der Waals surface area contributed by atoms with Crippen LogP contribution in [0.4, 0.5) is 4.79 Å². The Balaban J connectivity index is 2.05. The predicted molar refractivity (Wildman–Crippen MR) is 94.6 cm³/mol. The first-order valence-corrected chi connectivity index (χ1v) is 8.65. The molecule has 0 spiro atoms. The third-order valence-corrected chi connectivity index (χ3v) is 4.59. The van der Waals surface area contributed by atoms with E-state index >= 15 is 0 Å². The number of hydrogen-bond donors (Lipinski definition) is 1. The predicted octanol–water partition coefficient (Wildman–Crippen LogP) is 2.03. The van der Waals surface area contributed by atoms with Crippen LogP contribution in [-0.2, 0) is 0 Å². The molecule has 2 amide bonds. The number of carbonyl (C=O) groups is 1. The van der Waals surface area contributed by atoms with E-state index in [4.69, 9.17) is 0 Å². The zero-order valence-corrected chi connectivity index (χ0v) is 14.7. The van der Waals surface area contributed by atoms with Crippen molar-refractivity contribution in [3.05, 3.63) is 35.9 Å². The van der Waals surface area contributed by atoms with Crippen LogP contribution in [0, 0.1) is 0 Å². The molecule has 1 aromatic rings. The van der Waals surface area contributed by atoms with Gasteiger partial charge in [0.25, 0.3) is 0 Å². The van der Waals surface area contributed by atoms with E-state index in [1.54, 1.807) is 0 Å². The lowest BCUT2D eigenvalue weighted by atomic mass is 10.1. The van der Waals surface area contributed by atoms with E-state index in [2.05, 4.69) is 34.3 Å². The molecule has 0 aliphatic carbocycles. The Hall–Kier alpha value is -1.59. The van der Waals surface area contributed by atoms with Gasteiger partial charge >= 0.3 is 6.03 Å². The van der Waals surface area contributed by atoms with Crippen molar-refractivity contribution < 1.29 is 4.79 Å². The van der Waals surface area contributed by atoms with Gasteiger partial charge in [-0.05, 0) is 26.5 Å². The van der Waals surface area contributed by atoms with E-state index in [1.807, 2.05) is 36.9 Å². The van der Waals surface area contributed by atoms with Crippen molar-refractivity contribution >= 4 is 6.03 Å². The summed E-state index contributed by atoms with van der Waals surface area (Å²) < 4.78 is 0. The molecule has 5 heteroatoms. The number of nitrogens with one attached hydrogen (secondary N) is 1. The lowest BCUT2D eigenvalue weighted by Gasteiger charge is -2.35. The van der Waals surface area contributed by atoms with Crippen molar-refractivity contribution in [3.8, 4) is 0 Å². The van der Waals surface area contributed by atoms with E-state index in [9.17, 15) is 4.79 Å². The highest BCUT2D eigenvalue weighted by molar-refractivity contribution is 5.74. The molecule has 1 atom stereocenters. The molecule has 128 valence electrons. The first kappa shape index (κ1) is 17.8. The van der Waals surface area contributed by atoms with Crippen LogP contribution in [0.1, 0.15) is 25.5 Å².